The summed E-state index contributed by atoms with van der Waals surface area (Å²) in [4.78, 5) is 13.7. The quantitative estimate of drug-likeness (QED) is 0.812. The number of nitrogens with one attached hydrogen (secondary N) is 1. The van der Waals surface area contributed by atoms with E-state index in [9.17, 15) is 9.90 Å². The molecule has 116 valence electrons. The topological polar surface area (TPSA) is 71.0 Å². The van der Waals surface area contributed by atoms with Gasteiger partial charge in [-0.15, -0.1) is 0 Å². The van der Waals surface area contributed by atoms with Gasteiger partial charge in [0.25, 0.3) is 0 Å². The van der Waals surface area contributed by atoms with Gasteiger partial charge in [0.15, 0.2) is 11.5 Å². The number of ether oxygens (including phenoxy) is 2. The standard InChI is InChI=1S/C15H22N2O4/c1-15(14(18)19,16-6-7-17(2)3)11-4-5-12-13(10-11)21-9-8-20-12/h4-5,10,16H,6-9H2,1-3H3,(H,18,19). The zero-order valence-electron chi connectivity index (χ0n) is 12.7. The van der Waals surface area contributed by atoms with Crippen LogP contribution < -0.4 is 14.8 Å². The van der Waals surface area contributed by atoms with Crippen molar-refractivity contribution in [1.82, 2.24) is 10.2 Å². The highest BCUT2D eigenvalue weighted by atomic mass is 16.6. The summed E-state index contributed by atoms with van der Waals surface area (Å²) in [6, 6.07) is 5.27. The number of rotatable bonds is 6. The van der Waals surface area contributed by atoms with E-state index < -0.39 is 11.5 Å². The maximum atomic E-state index is 11.7. The summed E-state index contributed by atoms with van der Waals surface area (Å²) in [5.74, 6) is 0.338. The molecule has 1 aromatic rings. The summed E-state index contributed by atoms with van der Waals surface area (Å²) in [5.41, 5.74) is -0.510. The van der Waals surface area contributed by atoms with Crippen molar-refractivity contribution in [3.8, 4) is 11.5 Å². The Morgan fingerprint density at radius 1 is 1.33 bits per heavy atom. The monoisotopic (exact) mass is 294 g/mol. The van der Waals surface area contributed by atoms with Crippen LogP contribution in [-0.4, -0.2) is 56.4 Å². The minimum Gasteiger partial charge on any atom is -0.486 e. The third-order valence-corrected chi connectivity index (χ3v) is 3.58. The third-order valence-electron chi connectivity index (χ3n) is 3.58. The van der Waals surface area contributed by atoms with Gasteiger partial charge in [0, 0.05) is 13.1 Å². The maximum absolute atomic E-state index is 11.7. The Morgan fingerprint density at radius 2 is 2.00 bits per heavy atom. The first-order chi connectivity index (χ1) is 9.93. The molecule has 0 fully saturated rings. The van der Waals surface area contributed by atoms with E-state index in [0.29, 0.717) is 36.8 Å². The van der Waals surface area contributed by atoms with Crippen LogP contribution in [-0.2, 0) is 10.3 Å². The molecule has 1 atom stereocenters. The molecule has 1 aliphatic rings. The predicted octanol–water partition coefficient (Wildman–Crippen LogP) is 0.909. The van der Waals surface area contributed by atoms with Crippen molar-refractivity contribution in [1.29, 1.82) is 0 Å². The van der Waals surface area contributed by atoms with Crippen LogP contribution in [0.15, 0.2) is 18.2 Å². The summed E-state index contributed by atoms with van der Waals surface area (Å²) in [6.07, 6.45) is 0. The summed E-state index contributed by atoms with van der Waals surface area (Å²) >= 11 is 0. The molecule has 0 spiro atoms. The number of carbonyl (C=O) groups is 1. The summed E-state index contributed by atoms with van der Waals surface area (Å²) in [5, 5.41) is 12.7. The van der Waals surface area contributed by atoms with Crippen LogP contribution in [0, 0.1) is 0 Å². The zero-order valence-corrected chi connectivity index (χ0v) is 12.7. The average molecular weight is 294 g/mol. The molecule has 0 amide bonds. The van der Waals surface area contributed by atoms with Crippen molar-refractivity contribution in [2.75, 3.05) is 40.4 Å². The summed E-state index contributed by atoms with van der Waals surface area (Å²) in [7, 11) is 3.90. The van der Waals surface area contributed by atoms with Crippen LogP contribution in [0.1, 0.15) is 12.5 Å². The predicted molar refractivity (Wildman–Crippen MR) is 79.0 cm³/mol. The van der Waals surface area contributed by atoms with Crippen LogP contribution in [0.3, 0.4) is 0 Å². The van der Waals surface area contributed by atoms with Gasteiger partial charge in [-0.05, 0) is 38.7 Å². The number of hydrogen-bond acceptors (Lipinski definition) is 5. The molecule has 6 nitrogen and oxygen atoms in total. The van der Waals surface area contributed by atoms with E-state index in [2.05, 4.69) is 5.32 Å². The second-order valence-corrected chi connectivity index (χ2v) is 5.52. The molecule has 1 heterocycles. The smallest absolute Gasteiger partial charge is 0.328 e. The van der Waals surface area contributed by atoms with Gasteiger partial charge in [-0.3, -0.25) is 5.32 Å². The van der Waals surface area contributed by atoms with Gasteiger partial charge in [0.05, 0.1) is 0 Å². The Morgan fingerprint density at radius 3 is 2.62 bits per heavy atom. The van der Waals surface area contributed by atoms with Gasteiger partial charge in [-0.1, -0.05) is 6.07 Å². The van der Waals surface area contributed by atoms with Crippen LogP contribution >= 0.6 is 0 Å². The van der Waals surface area contributed by atoms with Crippen molar-refractivity contribution < 1.29 is 19.4 Å². The molecule has 6 heteroatoms. The van der Waals surface area contributed by atoms with Gasteiger partial charge in [0.1, 0.15) is 18.8 Å². The van der Waals surface area contributed by atoms with E-state index in [-0.39, 0.29) is 0 Å². The highest BCUT2D eigenvalue weighted by Gasteiger charge is 2.35. The molecular formula is C15H22N2O4. The van der Waals surface area contributed by atoms with Crippen molar-refractivity contribution in [2.24, 2.45) is 0 Å². The number of benzene rings is 1. The molecule has 0 bridgehead atoms. The molecule has 0 saturated heterocycles. The van der Waals surface area contributed by atoms with Gasteiger partial charge in [0.2, 0.25) is 0 Å². The van der Waals surface area contributed by atoms with Gasteiger partial charge in [-0.25, -0.2) is 4.79 Å². The molecule has 0 radical (unpaired) electrons. The number of fused-ring (bicyclic) bond motifs is 1. The van der Waals surface area contributed by atoms with Gasteiger partial charge >= 0.3 is 5.97 Å². The first kappa shape index (κ1) is 15.6. The van der Waals surface area contributed by atoms with E-state index >= 15 is 0 Å². The fourth-order valence-corrected chi connectivity index (χ4v) is 2.19. The highest BCUT2D eigenvalue weighted by Crippen LogP contribution is 2.34. The van der Waals surface area contributed by atoms with Crippen molar-refractivity contribution >= 4 is 5.97 Å². The molecule has 0 saturated carbocycles. The van der Waals surface area contributed by atoms with Crippen molar-refractivity contribution in [3.05, 3.63) is 23.8 Å². The minimum absolute atomic E-state index is 0.480. The first-order valence-electron chi connectivity index (χ1n) is 6.97. The number of carboxylic acids is 1. The van der Waals surface area contributed by atoms with Crippen molar-refractivity contribution in [3.63, 3.8) is 0 Å². The van der Waals surface area contributed by atoms with Crippen LogP contribution in [0.2, 0.25) is 0 Å². The first-order valence-corrected chi connectivity index (χ1v) is 6.97. The van der Waals surface area contributed by atoms with E-state index in [1.165, 1.54) is 0 Å². The molecule has 2 N–H and O–H groups in total. The molecule has 1 aromatic carbocycles. The van der Waals surface area contributed by atoms with Gasteiger partial charge < -0.3 is 19.5 Å². The summed E-state index contributed by atoms with van der Waals surface area (Å²) in [6.45, 7) is 3.99. The Labute approximate surface area is 124 Å². The largest absolute Gasteiger partial charge is 0.486 e. The van der Waals surface area contributed by atoms with Crippen molar-refractivity contribution in [2.45, 2.75) is 12.5 Å². The SMILES string of the molecule is CN(C)CCNC(C)(C(=O)O)c1ccc2c(c1)OCCO2. The summed E-state index contributed by atoms with van der Waals surface area (Å²) < 4.78 is 11.0. The number of likely N-dealkylation sites (N-methyl/N-ethyl adjacent to an activating group) is 1. The van der Waals surface area contributed by atoms with E-state index in [1.807, 2.05) is 19.0 Å². The van der Waals surface area contributed by atoms with Crippen LogP contribution in [0.4, 0.5) is 0 Å². The lowest BCUT2D eigenvalue weighted by Gasteiger charge is -2.29. The number of carboxylic acid groups (broad SMARTS) is 1. The Hall–Kier alpha value is -1.79. The Bertz CT molecular complexity index is 518. The lowest BCUT2D eigenvalue weighted by Crippen LogP contribution is -2.48. The maximum Gasteiger partial charge on any atom is 0.328 e. The second-order valence-electron chi connectivity index (χ2n) is 5.52. The van der Waals surface area contributed by atoms with Crippen LogP contribution in [0.25, 0.3) is 0 Å². The van der Waals surface area contributed by atoms with Crippen LogP contribution in [0.5, 0.6) is 11.5 Å². The second kappa shape index (κ2) is 6.32. The minimum atomic E-state index is -1.16. The lowest BCUT2D eigenvalue weighted by atomic mass is 9.91. The van der Waals surface area contributed by atoms with E-state index in [0.717, 1.165) is 6.54 Å². The molecule has 1 aliphatic heterocycles. The molecule has 0 aliphatic carbocycles. The number of hydrogen-bond donors (Lipinski definition) is 2. The molecule has 21 heavy (non-hydrogen) atoms. The Balaban J connectivity index is 2.22. The average Bonchev–Trinajstić information content (AvgIpc) is 2.46. The fraction of sp³-hybridized carbons (Fsp3) is 0.533. The third kappa shape index (κ3) is 3.46. The zero-order chi connectivity index (χ0) is 15.5. The van der Waals surface area contributed by atoms with Gasteiger partial charge in [-0.2, -0.15) is 0 Å². The number of aliphatic carboxylic acids is 1. The highest BCUT2D eigenvalue weighted by molar-refractivity contribution is 5.80. The lowest BCUT2D eigenvalue weighted by molar-refractivity contribution is -0.144. The molecule has 2 rings (SSSR count). The van der Waals surface area contributed by atoms with E-state index in [1.54, 1.807) is 25.1 Å². The molecular weight excluding hydrogens is 272 g/mol. The fourth-order valence-electron chi connectivity index (χ4n) is 2.19. The normalized spacial score (nSPS) is 16.6. The molecule has 0 aromatic heterocycles. The number of nitrogens with zero attached hydrogens (tertiary/aromatic N) is 1. The van der Waals surface area contributed by atoms with E-state index in [4.69, 9.17) is 9.47 Å². The molecule has 1 unspecified atom stereocenters. The Kier molecular flexibility index (Phi) is 4.69.